The minimum atomic E-state index is 0.0567. The molecule has 2 heteroatoms. The predicted molar refractivity (Wildman–Crippen MR) is 175 cm³/mol. The summed E-state index contributed by atoms with van der Waals surface area (Å²) in [5.41, 5.74) is 10.8. The van der Waals surface area contributed by atoms with E-state index >= 15 is 0 Å². The van der Waals surface area contributed by atoms with Gasteiger partial charge in [0.2, 0.25) is 6.34 Å². The van der Waals surface area contributed by atoms with Crippen LogP contribution in [0.25, 0.3) is 0 Å². The lowest BCUT2D eigenvalue weighted by Gasteiger charge is -2.32. The zero-order valence-electron chi connectivity index (χ0n) is 26.1. The van der Waals surface area contributed by atoms with Crippen LogP contribution in [0.4, 0.5) is 11.4 Å². The number of benzene rings is 4. The van der Waals surface area contributed by atoms with Gasteiger partial charge in [0, 0.05) is 11.4 Å². The topological polar surface area (TPSA) is 6.25 Å². The Morgan fingerprint density at radius 3 is 1.59 bits per heavy atom. The van der Waals surface area contributed by atoms with Gasteiger partial charge >= 0.3 is 0 Å². The Morgan fingerprint density at radius 1 is 0.537 bits per heavy atom. The molecule has 0 aliphatic carbocycles. The van der Waals surface area contributed by atoms with Gasteiger partial charge in [0.25, 0.3) is 0 Å². The molecule has 5 rings (SSSR count). The van der Waals surface area contributed by atoms with E-state index in [1.54, 1.807) is 0 Å². The zero-order chi connectivity index (χ0) is 29.3. The van der Waals surface area contributed by atoms with Crippen LogP contribution in [0, 0.1) is 0 Å². The first-order chi connectivity index (χ1) is 19.7. The summed E-state index contributed by atoms with van der Waals surface area (Å²) in [4.78, 5) is 2.46. The third-order valence-electron chi connectivity index (χ3n) is 8.50. The smallest absolute Gasteiger partial charge is 0.207 e. The number of anilines is 1. The lowest BCUT2D eigenvalue weighted by Crippen LogP contribution is -2.27. The molecule has 1 aliphatic heterocycles. The van der Waals surface area contributed by atoms with Crippen LogP contribution in [0.1, 0.15) is 125 Å². The van der Waals surface area contributed by atoms with Crippen LogP contribution in [-0.4, -0.2) is 10.9 Å². The monoisotopic (exact) mass is 542 g/mol. The van der Waals surface area contributed by atoms with E-state index in [-0.39, 0.29) is 12.1 Å². The van der Waals surface area contributed by atoms with Crippen molar-refractivity contribution in [2.75, 3.05) is 4.90 Å². The van der Waals surface area contributed by atoms with Gasteiger partial charge in [-0.15, -0.1) is 0 Å². The molecule has 41 heavy (non-hydrogen) atoms. The standard InChI is InChI=1S/C39H46N2/c1-26(2)32-21-15-23-34(36(32)28(5)6)40-25-41(35-24-16-22-33(27(3)4)37(35)29(7)8)39(31-19-13-10-14-20-31)38(40)30-17-11-9-12-18-30/h9-24,26-29,38-39H,1-8H3/t38-,39-/m1/s1. The third kappa shape index (κ3) is 5.49. The van der Waals surface area contributed by atoms with Crippen LogP contribution in [0.3, 0.4) is 0 Å². The molecule has 0 aromatic heterocycles. The minimum absolute atomic E-state index is 0.0567. The van der Waals surface area contributed by atoms with Crippen LogP contribution in [0.2, 0.25) is 0 Å². The van der Waals surface area contributed by atoms with E-state index in [0.29, 0.717) is 23.7 Å². The molecule has 1 heterocycles. The highest BCUT2D eigenvalue weighted by atomic mass is 15.3. The summed E-state index contributed by atoms with van der Waals surface area (Å²) < 4.78 is 2.46. The largest absolute Gasteiger partial charge is 0.326 e. The van der Waals surface area contributed by atoms with Gasteiger partial charge in [-0.05, 0) is 34.8 Å². The first-order valence-corrected chi connectivity index (χ1v) is 15.4. The summed E-state index contributed by atoms with van der Waals surface area (Å²) >= 11 is 0. The van der Waals surface area contributed by atoms with E-state index in [1.165, 1.54) is 44.8 Å². The van der Waals surface area contributed by atoms with Gasteiger partial charge < -0.3 is 9.48 Å². The van der Waals surface area contributed by atoms with Crippen molar-refractivity contribution in [3.05, 3.63) is 130 Å². The maximum Gasteiger partial charge on any atom is 0.207 e. The number of hydrogen-bond donors (Lipinski definition) is 0. The van der Waals surface area contributed by atoms with Crippen molar-refractivity contribution in [1.29, 1.82) is 0 Å². The third-order valence-corrected chi connectivity index (χ3v) is 8.50. The zero-order valence-corrected chi connectivity index (χ0v) is 26.1. The maximum absolute atomic E-state index is 4.01. The van der Waals surface area contributed by atoms with Crippen molar-refractivity contribution in [3.63, 3.8) is 0 Å². The lowest BCUT2D eigenvalue weighted by molar-refractivity contribution is -0.482. The number of rotatable bonds is 8. The Bertz CT molecular complexity index is 1500. The molecule has 0 fully saturated rings. The summed E-state index contributed by atoms with van der Waals surface area (Å²) in [5.74, 6) is 1.67. The second kappa shape index (κ2) is 12.1. The number of hydrogen-bond acceptors (Lipinski definition) is 1. The van der Waals surface area contributed by atoms with Crippen molar-refractivity contribution in [1.82, 2.24) is 0 Å². The Morgan fingerprint density at radius 2 is 1.05 bits per heavy atom. The summed E-state index contributed by atoms with van der Waals surface area (Å²) in [6.45, 7) is 18.5. The van der Waals surface area contributed by atoms with Gasteiger partial charge in [-0.3, -0.25) is 0 Å². The van der Waals surface area contributed by atoms with Crippen molar-refractivity contribution in [2.45, 2.75) is 91.1 Å². The van der Waals surface area contributed by atoms with Crippen molar-refractivity contribution in [3.8, 4) is 0 Å². The molecule has 0 unspecified atom stereocenters. The molecular formula is C39H46N2. The molecule has 212 valence electrons. The molecule has 0 spiro atoms. The Balaban J connectivity index is 1.85. The Labute approximate surface area is 248 Å². The van der Waals surface area contributed by atoms with Crippen molar-refractivity contribution < 1.29 is 4.58 Å². The Hall–Kier alpha value is -3.65. The quantitative estimate of drug-likeness (QED) is 0.158. The van der Waals surface area contributed by atoms with E-state index in [0.717, 1.165) is 0 Å². The molecule has 0 bridgehead atoms. The molecule has 0 saturated carbocycles. The van der Waals surface area contributed by atoms with Crippen LogP contribution >= 0.6 is 0 Å². The fraction of sp³-hybridized carbons (Fsp3) is 0.359. The first kappa shape index (κ1) is 28.9. The second-order valence-corrected chi connectivity index (χ2v) is 12.7. The molecule has 2 nitrogen and oxygen atoms in total. The molecule has 0 amide bonds. The lowest BCUT2D eigenvalue weighted by atomic mass is 9.86. The fourth-order valence-corrected chi connectivity index (χ4v) is 6.72. The van der Waals surface area contributed by atoms with Crippen LogP contribution in [0.5, 0.6) is 0 Å². The molecule has 0 saturated heterocycles. The maximum atomic E-state index is 4.01. The highest BCUT2D eigenvalue weighted by Gasteiger charge is 2.42. The molecule has 1 aliphatic rings. The first-order valence-electron chi connectivity index (χ1n) is 15.4. The van der Waals surface area contributed by atoms with E-state index in [2.05, 4.69) is 168 Å². The van der Waals surface area contributed by atoms with Gasteiger partial charge in [0.05, 0.1) is 0 Å². The predicted octanol–water partition coefficient (Wildman–Crippen LogP) is 10.7. The van der Waals surface area contributed by atoms with E-state index in [4.69, 9.17) is 0 Å². The van der Waals surface area contributed by atoms with E-state index in [9.17, 15) is 0 Å². The fourth-order valence-electron chi connectivity index (χ4n) is 6.72. The molecule has 4 aromatic rings. The van der Waals surface area contributed by atoms with Gasteiger partial charge in [-0.25, -0.2) is 0 Å². The average molecular weight is 543 g/mol. The van der Waals surface area contributed by atoms with Crippen LogP contribution in [0.15, 0.2) is 97.1 Å². The molecule has 4 aromatic carbocycles. The summed E-state index contributed by atoms with van der Waals surface area (Å²) in [6, 6.07) is 35.9. The summed E-state index contributed by atoms with van der Waals surface area (Å²) in [6.07, 6.45) is 4.01. The highest BCUT2D eigenvalue weighted by molar-refractivity contribution is 5.83. The normalized spacial score (nSPS) is 17.3. The SMILES string of the molecule is CC(C)c1cccc(N2[C-]=[N+](c3cccc(C(C)C)c3C(C)C)[C@H](c3ccccc3)[C@H]2c2ccccc2)c1C(C)C. The molecular weight excluding hydrogens is 496 g/mol. The molecule has 2 atom stereocenters. The van der Waals surface area contributed by atoms with Crippen molar-refractivity contribution >= 4 is 17.7 Å². The van der Waals surface area contributed by atoms with Gasteiger partial charge in [0.1, 0.15) is 12.1 Å². The van der Waals surface area contributed by atoms with Gasteiger partial charge in [0.15, 0.2) is 0 Å². The van der Waals surface area contributed by atoms with E-state index < -0.39 is 0 Å². The highest BCUT2D eigenvalue weighted by Crippen LogP contribution is 2.49. The van der Waals surface area contributed by atoms with Gasteiger partial charge in [-0.2, -0.15) is 0 Å². The summed E-state index contributed by atoms with van der Waals surface area (Å²) in [7, 11) is 0. The van der Waals surface area contributed by atoms with Crippen LogP contribution in [-0.2, 0) is 0 Å². The minimum Gasteiger partial charge on any atom is -0.326 e. The van der Waals surface area contributed by atoms with Crippen molar-refractivity contribution in [2.24, 2.45) is 0 Å². The Kier molecular flexibility index (Phi) is 8.50. The average Bonchev–Trinajstić information content (AvgIpc) is 3.37. The second-order valence-electron chi connectivity index (χ2n) is 12.7. The molecule has 0 N–H and O–H groups in total. The summed E-state index contributed by atoms with van der Waals surface area (Å²) in [5, 5.41) is 0. The van der Waals surface area contributed by atoms with Crippen LogP contribution < -0.4 is 4.90 Å². The van der Waals surface area contributed by atoms with Gasteiger partial charge in [-0.1, -0.05) is 175 Å². The number of nitrogens with zero attached hydrogens (tertiary/aromatic N) is 2. The molecule has 0 radical (unpaired) electrons. The van der Waals surface area contributed by atoms with E-state index in [1.807, 2.05) is 0 Å².